The maximum absolute atomic E-state index is 13.5. The van der Waals surface area contributed by atoms with E-state index in [1.807, 2.05) is 0 Å². The molecule has 0 unspecified atom stereocenters. The van der Waals surface area contributed by atoms with Gasteiger partial charge in [0.2, 0.25) is 0 Å². The third-order valence-electron chi connectivity index (χ3n) is 1.94. The molecule has 0 spiro atoms. The monoisotopic (exact) mass is 289 g/mol. The van der Waals surface area contributed by atoms with Crippen LogP contribution in [-0.4, -0.2) is 4.98 Å². The van der Waals surface area contributed by atoms with E-state index in [1.165, 1.54) is 24.6 Å². The number of aromatic nitrogens is 1. The van der Waals surface area contributed by atoms with Crippen molar-refractivity contribution in [1.82, 2.24) is 4.98 Å². The first-order valence-electron chi connectivity index (χ1n) is 4.16. The summed E-state index contributed by atoms with van der Waals surface area (Å²) in [6.45, 7) is 0. The second-order valence-corrected chi connectivity index (χ2v) is 3.88. The van der Waals surface area contributed by atoms with Crippen molar-refractivity contribution in [2.24, 2.45) is 0 Å². The first-order valence-corrected chi connectivity index (χ1v) is 5.66. The van der Waals surface area contributed by atoms with E-state index in [9.17, 15) is 4.39 Å². The molecule has 0 bridgehead atoms. The van der Waals surface area contributed by atoms with Crippen LogP contribution in [0.1, 0.15) is 5.69 Å². The van der Waals surface area contributed by atoms with Crippen molar-refractivity contribution in [3.8, 4) is 11.3 Å². The van der Waals surface area contributed by atoms with Crippen LogP contribution in [-0.2, 0) is 5.33 Å². The average Bonchev–Trinajstić information content (AvgIpc) is 2.69. The summed E-state index contributed by atoms with van der Waals surface area (Å²) < 4.78 is 18.6. The van der Waals surface area contributed by atoms with Gasteiger partial charge in [-0.15, -0.1) is 0 Å². The minimum Gasteiger partial charge on any atom is -0.443 e. The fourth-order valence-electron chi connectivity index (χ4n) is 1.25. The van der Waals surface area contributed by atoms with Crippen LogP contribution in [0.5, 0.6) is 0 Å². The van der Waals surface area contributed by atoms with Gasteiger partial charge in [0.1, 0.15) is 5.82 Å². The molecule has 0 amide bonds. The minimum atomic E-state index is -0.377. The zero-order valence-electron chi connectivity index (χ0n) is 7.51. The van der Waals surface area contributed by atoms with Crippen molar-refractivity contribution in [2.75, 3.05) is 0 Å². The quantitative estimate of drug-likeness (QED) is 0.781. The van der Waals surface area contributed by atoms with E-state index in [0.717, 1.165) is 0 Å². The molecule has 0 aliphatic rings. The normalized spacial score (nSPS) is 10.6. The van der Waals surface area contributed by atoms with E-state index in [1.54, 1.807) is 0 Å². The van der Waals surface area contributed by atoms with Gasteiger partial charge in [-0.3, -0.25) is 0 Å². The highest BCUT2D eigenvalue weighted by atomic mass is 79.9. The molecule has 1 aromatic heterocycles. The van der Waals surface area contributed by atoms with Gasteiger partial charge in [-0.1, -0.05) is 27.5 Å². The zero-order valence-corrected chi connectivity index (χ0v) is 9.85. The summed E-state index contributed by atoms with van der Waals surface area (Å²) in [7, 11) is 0. The van der Waals surface area contributed by atoms with Crippen LogP contribution < -0.4 is 0 Å². The van der Waals surface area contributed by atoms with Gasteiger partial charge in [0.25, 0.3) is 0 Å². The Bertz CT molecular complexity index is 486. The highest BCUT2D eigenvalue weighted by molar-refractivity contribution is 9.08. The lowest BCUT2D eigenvalue weighted by atomic mass is 10.1. The Morgan fingerprint density at radius 1 is 1.47 bits per heavy atom. The molecule has 5 heteroatoms. The highest BCUT2D eigenvalue weighted by Gasteiger charge is 2.14. The predicted octanol–water partition coefficient (Wildman–Crippen LogP) is 4.03. The Kier molecular flexibility index (Phi) is 3.07. The van der Waals surface area contributed by atoms with Crippen LogP contribution in [0.15, 0.2) is 29.0 Å². The van der Waals surface area contributed by atoms with E-state index in [2.05, 4.69) is 20.9 Å². The Morgan fingerprint density at radius 2 is 2.27 bits per heavy atom. The number of nitrogens with zero attached hydrogens (tertiary/aromatic N) is 1. The summed E-state index contributed by atoms with van der Waals surface area (Å²) in [5.74, 6) is 0.0326. The minimum absolute atomic E-state index is 0.328. The van der Waals surface area contributed by atoms with E-state index in [0.29, 0.717) is 27.4 Å². The van der Waals surface area contributed by atoms with Crippen LogP contribution in [0.4, 0.5) is 4.39 Å². The van der Waals surface area contributed by atoms with E-state index < -0.39 is 0 Å². The third kappa shape index (κ3) is 2.06. The van der Waals surface area contributed by atoms with Gasteiger partial charge < -0.3 is 4.42 Å². The third-order valence-corrected chi connectivity index (χ3v) is 2.71. The van der Waals surface area contributed by atoms with Gasteiger partial charge in [-0.05, 0) is 18.2 Å². The molecule has 1 heterocycles. The summed E-state index contributed by atoms with van der Waals surface area (Å²) in [5.41, 5.74) is 0.977. The lowest BCUT2D eigenvalue weighted by Crippen LogP contribution is -1.87. The second kappa shape index (κ2) is 4.33. The number of hydrogen-bond donors (Lipinski definition) is 0. The largest absolute Gasteiger partial charge is 0.443 e. The average molecular weight is 291 g/mol. The van der Waals surface area contributed by atoms with Gasteiger partial charge in [0.05, 0.1) is 11.3 Å². The van der Waals surface area contributed by atoms with Gasteiger partial charge in [-0.2, -0.15) is 0 Å². The molecule has 0 saturated heterocycles. The molecule has 1 aromatic carbocycles. The molecule has 0 radical (unpaired) electrons. The van der Waals surface area contributed by atoms with Crippen molar-refractivity contribution in [3.63, 3.8) is 0 Å². The molecule has 0 fully saturated rings. The predicted molar refractivity (Wildman–Crippen MR) is 59.5 cm³/mol. The molecule has 0 aliphatic carbocycles. The van der Waals surface area contributed by atoms with Gasteiger partial charge in [0, 0.05) is 10.4 Å². The Balaban J connectivity index is 2.58. The summed E-state index contributed by atoms with van der Waals surface area (Å²) in [6, 6.07) is 4.31. The smallest absolute Gasteiger partial charge is 0.181 e. The zero-order chi connectivity index (χ0) is 10.8. The Hall–Kier alpha value is -0.870. The van der Waals surface area contributed by atoms with Crippen LogP contribution in [0.3, 0.4) is 0 Å². The van der Waals surface area contributed by atoms with Crippen molar-refractivity contribution < 1.29 is 8.81 Å². The van der Waals surface area contributed by atoms with E-state index in [4.69, 9.17) is 16.0 Å². The Labute approximate surface area is 99.2 Å². The standard InChI is InChI=1S/C10H6BrClFNO/c11-4-9-10(15-5-14-9)7-3-6(12)1-2-8(7)13/h1-3,5H,4H2. The number of oxazole rings is 1. The van der Waals surface area contributed by atoms with Crippen LogP contribution in [0.25, 0.3) is 11.3 Å². The number of alkyl halides is 1. The summed E-state index contributed by atoms with van der Waals surface area (Å²) in [4.78, 5) is 3.96. The summed E-state index contributed by atoms with van der Waals surface area (Å²) in [5, 5.41) is 0.966. The first kappa shape index (κ1) is 10.6. The summed E-state index contributed by atoms with van der Waals surface area (Å²) >= 11 is 9.04. The molecule has 78 valence electrons. The van der Waals surface area contributed by atoms with E-state index >= 15 is 0 Å². The number of rotatable bonds is 2. The fraction of sp³-hybridized carbons (Fsp3) is 0.100. The lowest BCUT2D eigenvalue weighted by Gasteiger charge is -2.01. The van der Waals surface area contributed by atoms with E-state index in [-0.39, 0.29) is 5.82 Å². The molecule has 0 atom stereocenters. The SMILES string of the molecule is Fc1ccc(Cl)cc1-c1ocnc1CBr. The number of hydrogen-bond acceptors (Lipinski definition) is 2. The maximum atomic E-state index is 13.5. The fourth-order valence-corrected chi connectivity index (χ4v) is 1.83. The Morgan fingerprint density at radius 3 is 3.00 bits per heavy atom. The second-order valence-electron chi connectivity index (χ2n) is 2.89. The molecule has 2 aromatic rings. The molecular weight excluding hydrogens is 284 g/mol. The highest BCUT2D eigenvalue weighted by Crippen LogP contribution is 2.29. The lowest BCUT2D eigenvalue weighted by molar-refractivity contribution is 0.561. The van der Waals surface area contributed by atoms with Crippen molar-refractivity contribution in [2.45, 2.75) is 5.33 Å². The van der Waals surface area contributed by atoms with Gasteiger partial charge in [-0.25, -0.2) is 9.37 Å². The molecule has 15 heavy (non-hydrogen) atoms. The van der Waals surface area contributed by atoms with Gasteiger partial charge in [0.15, 0.2) is 12.2 Å². The number of benzene rings is 1. The first-order chi connectivity index (χ1) is 7.22. The van der Waals surface area contributed by atoms with Gasteiger partial charge >= 0.3 is 0 Å². The maximum Gasteiger partial charge on any atom is 0.181 e. The topological polar surface area (TPSA) is 26.0 Å². The molecule has 0 N–H and O–H groups in total. The van der Waals surface area contributed by atoms with Crippen LogP contribution >= 0.6 is 27.5 Å². The molecular formula is C10H6BrClFNO. The van der Waals surface area contributed by atoms with Crippen molar-refractivity contribution >= 4 is 27.5 Å². The molecule has 0 saturated carbocycles. The molecule has 0 aliphatic heterocycles. The summed E-state index contributed by atoms with van der Waals surface area (Å²) in [6.07, 6.45) is 1.28. The van der Waals surface area contributed by atoms with Crippen molar-refractivity contribution in [1.29, 1.82) is 0 Å². The van der Waals surface area contributed by atoms with Crippen molar-refractivity contribution in [3.05, 3.63) is 41.1 Å². The molecule has 2 rings (SSSR count). The van der Waals surface area contributed by atoms with Crippen LogP contribution in [0.2, 0.25) is 5.02 Å². The number of halogens is 3. The van der Waals surface area contributed by atoms with Crippen LogP contribution in [0, 0.1) is 5.82 Å². The molecule has 2 nitrogen and oxygen atoms in total.